The quantitative estimate of drug-likeness (QED) is 0.767. The van der Waals surface area contributed by atoms with Crippen LogP contribution in [0.15, 0.2) is 12.1 Å². The molecule has 1 aromatic carbocycles. The topological polar surface area (TPSA) is 65.0 Å². The lowest BCUT2D eigenvalue weighted by Crippen LogP contribution is -2.78. The highest BCUT2D eigenvalue weighted by Gasteiger charge is 2.72. The van der Waals surface area contributed by atoms with Crippen LogP contribution in [-0.2, 0) is 11.8 Å². The largest absolute Gasteiger partial charge is 0.504 e. The number of benzene rings is 1. The molecule has 2 saturated carbocycles. The first-order valence-electron chi connectivity index (χ1n) is 10.2. The second kappa shape index (κ2) is 4.94. The highest BCUT2D eigenvalue weighted by atomic mass is 16.5. The Labute approximate surface area is 154 Å². The maximum Gasteiger partial charge on any atom is 0.165 e. The molecule has 1 aromatic rings. The molecule has 2 heterocycles. The third-order valence-electron chi connectivity index (χ3n) is 8.13. The average Bonchev–Trinajstić information content (AvgIpc) is 3.37. The zero-order valence-electron chi connectivity index (χ0n) is 15.4. The van der Waals surface area contributed by atoms with Gasteiger partial charge in [0.05, 0.1) is 11.0 Å². The van der Waals surface area contributed by atoms with Gasteiger partial charge in [0.1, 0.15) is 6.10 Å². The molecule has 26 heavy (non-hydrogen) atoms. The summed E-state index contributed by atoms with van der Waals surface area (Å²) in [4.78, 5) is 2.58. The summed E-state index contributed by atoms with van der Waals surface area (Å²) >= 11 is 0. The van der Waals surface area contributed by atoms with Gasteiger partial charge >= 0.3 is 0 Å². The molecule has 5 atom stereocenters. The molecule has 0 amide bonds. The number of nitrogens with zero attached hydrogens (tertiary/aromatic N) is 1. The van der Waals surface area contributed by atoms with E-state index < -0.39 is 5.60 Å². The summed E-state index contributed by atoms with van der Waals surface area (Å²) in [6.07, 6.45) is 6.09. The second-order valence-corrected chi connectivity index (χ2v) is 9.22. The van der Waals surface area contributed by atoms with E-state index in [9.17, 15) is 10.2 Å². The number of nitrogens with one attached hydrogen (secondary N) is 1. The summed E-state index contributed by atoms with van der Waals surface area (Å²) < 4.78 is 6.42. The van der Waals surface area contributed by atoms with Crippen LogP contribution in [0.2, 0.25) is 0 Å². The molecule has 1 spiro atoms. The molecule has 5 aliphatic rings. The SMILES string of the molecule is CN[C@H]1CC[C@@]2(O)[C@@H]3Cc4ccc(O)c5c4[C@@]2(CCN3CC2CC2)[C@H]1O5. The lowest BCUT2D eigenvalue weighted by molar-refractivity contribution is -0.191. The van der Waals surface area contributed by atoms with Crippen molar-refractivity contribution in [3.05, 3.63) is 23.3 Å². The van der Waals surface area contributed by atoms with Crippen molar-refractivity contribution in [2.45, 2.75) is 67.7 Å². The number of likely N-dealkylation sites (tertiary alicyclic amines) is 1. The first-order chi connectivity index (χ1) is 12.6. The number of rotatable bonds is 3. The number of aliphatic hydroxyl groups is 1. The van der Waals surface area contributed by atoms with Crippen molar-refractivity contribution < 1.29 is 14.9 Å². The number of piperidine rings is 1. The molecule has 6 rings (SSSR count). The third kappa shape index (κ3) is 1.68. The summed E-state index contributed by atoms with van der Waals surface area (Å²) in [5.41, 5.74) is 1.25. The first kappa shape index (κ1) is 15.7. The number of aromatic hydroxyl groups is 1. The van der Waals surface area contributed by atoms with E-state index in [0.717, 1.165) is 50.3 Å². The van der Waals surface area contributed by atoms with Gasteiger partial charge in [-0.1, -0.05) is 6.07 Å². The van der Waals surface area contributed by atoms with Crippen LogP contribution < -0.4 is 10.1 Å². The van der Waals surface area contributed by atoms with E-state index in [4.69, 9.17) is 4.74 Å². The zero-order chi connectivity index (χ0) is 17.7. The molecule has 0 aromatic heterocycles. The number of hydrogen-bond donors (Lipinski definition) is 3. The van der Waals surface area contributed by atoms with Gasteiger partial charge < -0.3 is 20.3 Å². The van der Waals surface area contributed by atoms with Crippen molar-refractivity contribution >= 4 is 0 Å². The molecule has 140 valence electrons. The van der Waals surface area contributed by atoms with E-state index in [1.54, 1.807) is 6.07 Å². The maximum absolute atomic E-state index is 12.2. The van der Waals surface area contributed by atoms with Gasteiger partial charge in [0.25, 0.3) is 0 Å². The second-order valence-electron chi connectivity index (χ2n) is 9.22. The van der Waals surface area contributed by atoms with E-state index in [0.29, 0.717) is 5.75 Å². The van der Waals surface area contributed by atoms with Gasteiger partial charge in [0.15, 0.2) is 11.5 Å². The number of phenolic OH excluding ortho intramolecular Hbond substituents is 1. The van der Waals surface area contributed by atoms with Crippen molar-refractivity contribution in [2.24, 2.45) is 5.92 Å². The Morgan fingerprint density at radius 2 is 2.12 bits per heavy atom. The van der Waals surface area contributed by atoms with Gasteiger partial charge in [-0.25, -0.2) is 0 Å². The van der Waals surface area contributed by atoms with Crippen molar-refractivity contribution in [3.63, 3.8) is 0 Å². The van der Waals surface area contributed by atoms with Crippen LogP contribution >= 0.6 is 0 Å². The lowest BCUT2D eigenvalue weighted by Gasteiger charge is -2.64. The first-order valence-corrected chi connectivity index (χ1v) is 10.2. The molecule has 5 heteroatoms. The van der Waals surface area contributed by atoms with Crippen molar-refractivity contribution in [1.29, 1.82) is 0 Å². The minimum absolute atomic E-state index is 0.0980. The summed E-state index contributed by atoms with van der Waals surface area (Å²) in [5, 5.41) is 26.1. The highest BCUT2D eigenvalue weighted by molar-refractivity contribution is 5.62. The monoisotopic (exact) mass is 356 g/mol. The van der Waals surface area contributed by atoms with Gasteiger partial charge in [-0.3, -0.25) is 4.90 Å². The van der Waals surface area contributed by atoms with Crippen LogP contribution in [0.25, 0.3) is 0 Å². The molecule has 0 unspecified atom stereocenters. The van der Waals surface area contributed by atoms with Crippen LogP contribution in [-0.4, -0.2) is 59.0 Å². The lowest BCUT2D eigenvalue weighted by atomic mass is 9.48. The molecule has 3 N–H and O–H groups in total. The summed E-state index contributed by atoms with van der Waals surface area (Å²) in [6, 6.07) is 4.23. The van der Waals surface area contributed by atoms with E-state index in [2.05, 4.69) is 16.3 Å². The normalized spacial score (nSPS) is 43.1. The fourth-order valence-electron chi connectivity index (χ4n) is 6.78. The molecule has 3 fully saturated rings. The number of likely N-dealkylation sites (N-methyl/N-ethyl adjacent to an activating group) is 1. The van der Waals surface area contributed by atoms with Gasteiger partial charge in [0, 0.05) is 24.2 Å². The summed E-state index contributed by atoms with van der Waals surface area (Å²) in [5.74, 6) is 1.69. The molecule has 5 nitrogen and oxygen atoms in total. The van der Waals surface area contributed by atoms with Crippen LogP contribution in [0.5, 0.6) is 11.5 Å². The minimum Gasteiger partial charge on any atom is -0.504 e. The van der Waals surface area contributed by atoms with Crippen molar-refractivity contribution in [1.82, 2.24) is 10.2 Å². The van der Waals surface area contributed by atoms with Gasteiger partial charge in [-0.05, 0) is 69.7 Å². The standard InChI is InChI=1S/C21H28N2O3/c1-22-14-6-7-21(25)16-10-13-4-5-15(24)18-17(13)20(21,19(14)26-18)8-9-23(16)11-12-2-3-12/h4-5,12,14,16,19,22,24-25H,2-3,6-11H2,1H3/t14-,16-,19-,20-,21+/m0/s1. The maximum atomic E-state index is 12.2. The molecule has 2 aliphatic heterocycles. The fourth-order valence-corrected chi connectivity index (χ4v) is 6.78. The molecule has 0 radical (unpaired) electrons. The van der Waals surface area contributed by atoms with Crippen molar-refractivity contribution in [2.75, 3.05) is 20.1 Å². The van der Waals surface area contributed by atoms with Crippen LogP contribution in [0.3, 0.4) is 0 Å². The third-order valence-corrected chi connectivity index (χ3v) is 8.13. The Kier molecular flexibility index (Phi) is 2.99. The molecular weight excluding hydrogens is 328 g/mol. The number of phenols is 1. The minimum atomic E-state index is -0.760. The van der Waals surface area contributed by atoms with Crippen LogP contribution in [0, 0.1) is 5.92 Å². The zero-order valence-corrected chi connectivity index (χ0v) is 15.4. The van der Waals surface area contributed by atoms with E-state index in [-0.39, 0.29) is 29.4 Å². The predicted octanol–water partition coefficient (Wildman–Crippen LogP) is 1.54. The smallest absolute Gasteiger partial charge is 0.165 e. The van der Waals surface area contributed by atoms with Crippen LogP contribution in [0.1, 0.15) is 43.2 Å². The van der Waals surface area contributed by atoms with Gasteiger partial charge in [0.2, 0.25) is 0 Å². The average molecular weight is 356 g/mol. The Balaban J connectivity index is 1.55. The van der Waals surface area contributed by atoms with Gasteiger partial charge in [-0.15, -0.1) is 0 Å². The van der Waals surface area contributed by atoms with Crippen molar-refractivity contribution in [3.8, 4) is 11.5 Å². The Morgan fingerprint density at radius 1 is 1.27 bits per heavy atom. The molecule has 2 bridgehead atoms. The van der Waals surface area contributed by atoms with Crippen LogP contribution in [0.4, 0.5) is 0 Å². The molecular formula is C21H28N2O3. The fraction of sp³-hybridized carbons (Fsp3) is 0.714. The number of ether oxygens (including phenoxy) is 1. The predicted molar refractivity (Wildman–Crippen MR) is 97.6 cm³/mol. The van der Waals surface area contributed by atoms with E-state index in [1.165, 1.54) is 18.4 Å². The molecule has 1 saturated heterocycles. The number of hydrogen-bond acceptors (Lipinski definition) is 5. The summed E-state index contributed by atoms with van der Waals surface area (Å²) in [6.45, 7) is 2.15. The molecule has 3 aliphatic carbocycles. The summed E-state index contributed by atoms with van der Waals surface area (Å²) in [7, 11) is 1.99. The highest BCUT2D eigenvalue weighted by Crippen LogP contribution is 2.65. The Hall–Kier alpha value is -1.30. The van der Waals surface area contributed by atoms with Gasteiger partial charge in [-0.2, -0.15) is 0 Å². The Bertz CT molecular complexity index is 779. The Morgan fingerprint density at radius 3 is 2.88 bits per heavy atom. The van der Waals surface area contributed by atoms with E-state index in [1.807, 2.05) is 7.05 Å². The van der Waals surface area contributed by atoms with E-state index >= 15 is 0 Å².